The molecular weight excluding hydrogens is 491 g/mol. The number of nitrogens with one attached hydrogen (secondary N) is 1. The Hall–Kier alpha value is -3.54. The van der Waals surface area contributed by atoms with Crippen molar-refractivity contribution >= 4 is 16.9 Å². The Morgan fingerprint density at radius 2 is 1.86 bits per heavy atom. The summed E-state index contributed by atoms with van der Waals surface area (Å²) in [6.45, 7) is 7.99. The van der Waals surface area contributed by atoms with Crippen LogP contribution in [-0.2, 0) is 10.9 Å². The number of carbonyl (C=O) groups is 1. The predicted molar refractivity (Wildman–Crippen MR) is 128 cm³/mol. The maximum absolute atomic E-state index is 13.8. The van der Waals surface area contributed by atoms with E-state index in [0.29, 0.717) is 18.7 Å². The second-order valence-electron chi connectivity index (χ2n) is 9.45. The van der Waals surface area contributed by atoms with Crippen LogP contribution in [0.1, 0.15) is 54.3 Å². The number of likely N-dealkylation sites (tertiary alicyclic amines) is 1. The number of ether oxygens (including phenoxy) is 2. The third kappa shape index (κ3) is 5.43. The Morgan fingerprint density at radius 1 is 1.19 bits per heavy atom. The van der Waals surface area contributed by atoms with Gasteiger partial charge in [0.1, 0.15) is 11.9 Å². The Kier molecular flexibility index (Phi) is 7.22. The van der Waals surface area contributed by atoms with Gasteiger partial charge in [0.05, 0.1) is 28.4 Å². The summed E-state index contributed by atoms with van der Waals surface area (Å²) < 4.78 is 52.6. The number of alkyl halides is 3. The molecule has 0 aromatic carbocycles. The number of hydrogen-bond acceptors (Lipinski definition) is 7. The Bertz CT molecular complexity index is 1350. The van der Waals surface area contributed by atoms with Gasteiger partial charge in [-0.2, -0.15) is 13.2 Å². The number of amides is 1. The molecule has 1 fully saturated rings. The van der Waals surface area contributed by atoms with Gasteiger partial charge < -0.3 is 19.4 Å². The van der Waals surface area contributed by atoms with E-state index in [1.807, 2.05) is 13.8 Å². The van der Waals surface area contributed by atoms with Crippen LogP contribution >= 0.6 is 0 Å². The number of aryl methyl sites for hydroxylation is 1. The van der Waals surface area contributed by atoms with E-state index in [0.717, 1.165) is 6.07 Å². The molecule has 4 rings (SSSR count). The number of hydrogen-bond donors (Lipinski definition) is 1. The van der Waals surface area contributed by atoms with Gasteiger partial charge in [-0.1, -0.05) is 13.8 Å². The summed E-state index contributed by atoms with van der Waals surface area (Å²) in [6, 6.07) is 3.74. The molecule has 4 atom stereocenters. The van der Waals surface area contributed by atoms with Crippen LogP contribution in [0.2, 0.25) is 0 Å². The quantitative estimate of drug-likeness (QED) is 0.544. The monoisotopic (exact) mass is 519 g/mol. The lowest BCUT2D eigenvalue weighted by atomic mass is 9.88. The van der Waals surface area contributed by atoms with Gasteiger partial charge in [0.25, 0.3) is 11.5 Å². The van der Waals surface area contributed by atoms with E-state index in [4.69, 9.17) is 9.47 Å². The van der Waals surface area contributed by atoms with Crippen molar-refractivity contribution in [1.29, 1.82) is 0 Å². The standard InChI is InChI=1S/C25H28F3N5O4/c1-12-10-33(11-13(2)22(12)36-5)24(35)16-6-7-19(29-9-16)37-14(3)20-17(25(26,27)28)8-18-21(32-20)23(34)31-15(4)30-18/h6-9,12-14,22H,10-11H2,1-5H3,(H,30,31,34)/t12-,13+,14-,22?/m0/s1. The highest BCUT2D eigenvalue weighted by Crippen LogP contribution is 2.36. The molecule has 1 aliphatic heterocycles. The summed E-state index contributed by atoms with van der Waals surface area (Å²) in [5.74, 6) is 0.318. The fraction of sp³-hybridized carbons (Fsp3) is 0.480. The number of nitrogens with zero attached hydrogens (tertiary/aromatic N) is 4. The molecule has 0 radical (unpaired) electrons. The first kappa shape index (κ1) is 26.5. The molecule has 0 aliphatic carbocycles. The average molecular weight is 520 g/mol. The van der Waals surface area contributed by atoms with Crippen LogP contribution in [0.15, 0.2) is 29.2 Å². The topological polar surface area (TPSA) is 110 Å². The zero-order valence-corrected chi connectivity index (χ0v) is 21.1. The molecule has 1 N–H and O–H groups in total. The fourth-order valence-electron chi connectivity index (χ4n) is 4.90. The first-order chi connectivity index (χ1) is 17.4. The summed E-state index contributed by atoms with van der Waals surface area (Å²) >= 11 is 0. The first-order valence-corrected chi connectivity index (χ1v) is 11.8. The minimum Gasteiger partial charge on any atom is -0.468 e. The van der Waals surface area contributed by atoms with Gasteiger partial charge in [-0.25, -0.2) is 15.0 Å². The predicted octanol–water partition coefficient (Wildman–Crippen LogP) is 3.92. The Balaban J connectivity index is 1.56. The van der Waals surface area contributed by atoms with Crippen molar-refractivity contribution in [2.75, 3.05) is 20.2 Å². The van der Waals surface area contributed by atoms with Gasteiger partial charge in [0.2, 0.25) is 5.88 Å². The fourth-order valence-corrected chi connectivity index (χ4v) is 4.90. The lowest BCUT2D eigenvalue weighted by Gasteiger charge is -2.40. The van der Waals surface area contributed by atoms with Crippen molar-refractivity contribution in [3.63, 3.8) is 0 Å². The largest absolute Gasteiger partial charge is 0.468 e. The van der Waals surface area contributed by atoms with Gasteiger partial charge >= 0.3 is 6.18 Å². The van der Waals surface area contributed by atoms with Crippen molar-refractivity contribution in [2.45, 2.75) is 46.1 Å². The van der Waals surface area contributed by atoms with Gasteiger partial charge in [0, 0.05) is 44.3 Å². The summed E-state index contributed by atoms with van der Waals surface area (Å²) in [7, 11) is 1.67. The molecular formula is C25H28F3N5O4. The summed E-state index contributed by atoms with van der Waals surface area (Å²) in [5.41, 5.74) is -2.23. The number of methoxy groups -OCH3 is 1. The van der Waals surface area contributed by atoms with E-state index >= 15 is 0 Å². The number of aromatic amines is 1. The van der Waals surface area contributed by atoms with Crippen LogP contribution in [-0.4, -0.2) is 57.0 Å². The zero-order valence-electron chi connectivity index (χ0n) is 21.1. The lowest BCUT2D eigenvalue weighted by Crippen LogP contribution is -2.50. The van der Waals surface area contributed by atoms with Crippen molar-refractivity contribution < 1.29 is 27.4 Å². The molecule has 4 heterocycles. The molecule has 3 aromatic heterocycles. The number of aromatic nitrogens is 4. The zero-order chi connectivity index (χ0) is 27.1. The van der Waals surface area contributed by atoms with Crippen LogP contribution < -0.4 is 10.3 Å². The van der Waals surface area contributed by atoms with Gasteiger partial charge in [-0.3, -0.25) is 9.59 Å². The highest BCUT2D eigenvalue weighted by Gasteiger charge is 2.37. The van der Waals surface area contributed by atoms with Crippen molar-refractivity contribution in [1.82, 2.24) is 24.8 Å². The van der Waals surface area contributed by atoms with Crippen LogP contribution in [0.5, 0.6) is 5.88 Å². The average Bonchev–Trinajstić information content (AvgIpc) is 2.82. The summed E-state index contributed by atoms with van der Waals surface area (Å²) in [4.78, 5) is 41.5. The van der Waals surface area contributed by atoms with Crippen LogP contribution in [0.4, 0.5) is 13.2 Å². The number of halogens is 3. The minimum atomic E-state index is -4.75. The first-order valence-electron chi connectivity index (χ1n) is 11.8. The van der Waals surface area contributed by atoms with E-state index in [1.54, 1.807) is 12.0 Å². The van der Waals surface area contributed by atoms with E-state index in [-0.39, 0.29) is 46.6 Å². The molecule has 12 heteroatoms. The van der Waals surface area contributed by atoms with E-state index in [2.05, 4.69) is 19.9 Å². The lowest BCUT2D eigenvalue weighted by molar-refractivity contribution is -0.139. The van der Waals surface area contributed by atoms with E-state index in [9.17, 15) is 22.8 Å². The third-order valence-corrected chi connectivity index (χ3v) is 6.50. The Morgan fingerprint density at radius 3 is 2.43 bits per heavy atom. The second-order valence-corrected chi connectivity index (χ2v) is 9.45. The number of carbonyl (C=O) groups excluding carboxylic acids is 1. The van der Waals surface area contributed by atoms with Gasteiger partial charge in [-0.15, -0.1) is 0 Å². The van der Waals surface area contributed by atoms with Gasteiger partial charge in [0.15, 0.2) is 5.52 Å². The smallest absolute Gasteiger partial charge is 0.418 e. The number of piperidine rings is 1. The Labute approximate surface area is 211 Å². The normalized spacial score (nSPS) is 21.2. The van der Waals surface area contributed by atoms with E-state index < -0.39 is 29.1 Å². The molecule has 1 amide bonds. The number of H-pyrrole nitrogens is 1. The van der Waals surface area contributed by atoms with Crippen molar-refractivity contribution in [3.05, 3.63) is 57.4 Å². The van der Waals surface area contributed by atoms with Crippen molar-refractivity contribution in [3.8, 4) is 5.88 Å². The highest BCUT2D eigenvalue weighted by molar-refractivity contribution is 5.94. The van der Waals surface area contributed by atoms with Crippen molar-refractivity contribution in [2.24, 2.45) is 11.8 Å². The molecule has 37 heavy (non-hydrogen) atoms. The number of rotatable bonds is 5. The van der Waals surface area contributed by atoms with E-state index in [1.165, 1.54) is 32.2 Å². The molecule has 1 aliphatic rings. The number of fused-ring (bicyclic) bond motifs is 1. The van der Waals surface area contributed by atoms with Crippen LogP contribution in [0.3, 0.4) is 0 Å². The molecule has 0 bridgehead atoms. The SMILES string of the molecule is COC1[C@H](C)CN(C(=O)c2ccc(O[C@@H](C)c3nc4c(=O)[nH]c(C)nc4cc3C(F)(F)F)nc2)C[C@@H]1C. The summed E-state index contributed by atoms with van der Waals surface area (Å²) in [6.07, 6.45) is -4.55. The molecule has 3 aromatic rings. The van der Waals surface area contributed by atoms with Gasteiger partial charge in [-0.05, 0) is 26.0 Å². The molecule has 0 spiro atoms. The minimum absolute atomic E-state index is 0.00911. The maximum Gasteiger partial charge on any atom is 0.418 e. The number of pyridine rings is 2. The highest BCUT2D eigenvalue weighted by atomic mass is 19.4. The van der Waals surface area contributed by atoms with Crippen LogP contribution in [0.25, 0.3) is 11.0 Å². The summed E-state index contributed by atoms with van der Waals surface area (Å²) in [5, 5.41) is 0. The molecule has 1 saturated heterocycles. The molecule has 198 valence electrons. The molecule has 9 nitrogen and oxygen atoms in total. The van der Waals surface area contributed by atoms with Crippen LogP contribution in [0, 0.1) is 18.8 Å². The third-order valence-electron chi connectivity index (χ3n) is 6.50. The second kappa shape index (κ2) is 10.1. The molecule has 0 saturated carbocycles. The maximum atomic E-state index is 13.8. The molecule has 1 unspecified atom stereocenters.